The van der Waals surface area contributed by atoms with Gasteiger partial charge in [0.25, 0.3) is 0 Å². The lowest BCUT2D eigenvalue weighted by Gasteiger charge is -2.22. The van der Waals surface area contributed by atoms with Gasteiger partial charge in [0.1, 0.15) is 5.75 Å². The van der Waals surface area contributed by atoms with E-state index < -0.39 is 0 Å². The topological polar surface area (TPSA) is 74.2 Å². The highest BCUT2D eigenvalue weighted by Gasteiger charge is 2.30. The third-order valence-electron chi connectivity index (χ3n) is 4.51. The number of benzene rings is 1. The highest BCUT2D eigenvalue weighted by Crippen LogP contribution is 2.36. The minimum atomic E-state index is -0.120. The van der Waals surface area contributed by atoms with Gasteiger partial charge in [-0.25, -0.2) is 0 Å². The average molecular weight is 285 g/mol. The molecule has 0 bridgehead atoms. The van der Waals surface area contributed by atoms with Crippen molar-refractivity contribution in [1.82, 2.24) is 10.1 Å². The highest BCUT2D eigenvalue weighted by atomic mass is 16.5. The van der Waals surface area contributed by atoms with Crippen LogP contribution in [0.3, 0.4) is 0 Å². The van der Waals surface area contributed by atoms with E-state index in [4.69, 9.17) is 15.0 Å². The molecule has 2 aliphatic rings. The Morgan fingerprint density at radius 1 is 1.10 bits per heavy atom. The Hall–Kier alpha value is -1.88. The molecular weight excluding hydrogens is 266 g/mol. The highest BCUT2D eigenvalue weighted by molar-refractivity contribution is 5.37. The summed E-state index contributed by atoms with van der Waals surface area (Å²) >= 11 is 0. The fourth-order valence-corrected chi connectivity index (χ4v) is 3.24. The standard InChI is InChI=1S/C16H19N3O2/c17-12-7-5-10(6-8-12)16-18-15(19-21-16)14-9-11-3-1-2-4-13(11)20-14/h1-4,10,12,14H,5-9,17H2. The normalized spacial score (nSPS) is 28.1. The summed E-state index contributed by atoms with van der Waals surface area (Å²) in [6.07, 6.45) is 4.83. The van der Waals surface area contributed by atoms with Gasteiger partial charge in [0, 0.05) is 18.4 Å². The van der Waals surface area contributed by atoms with Crippen molar-refractivity contribution in [2.24, 2.45) is 5.73 Å². The quantitative estimate of drug-likeness (QED) is 0.918. The summed E-state index contributed by atoms with van der Waals surface area (Å²) in [6, 6.07) is 8.40. The van der Waals surface area contributed by atoms with E-state index in [1.165, 1.54) is 5.56 Å². The SMILES string of the molecule is NC1CCC(c2nc(C3Cc4ccccc4O3)no2)CC1. The number of hydrogen-bond donors (Lipinski definition) is 1. The lowest BCUT2D eigenvalue weighted by molar-refractivity contribution is 0.220. The lowest BCUT2D eigenvalue weighted by atomic mass is 9.86. The first-order chi connectivity index (χ1) is 10.3. The van der Waals surface area contributed by atoms with Gasteiger partial charge in [-0.2, -0.15) is 4.98 Å². The Balaban J connectivity index is 1.49. The van der Waals surface area contributed by atoms with Crippen molar-refractivity contribution in [2.45, 2.75) is 50.2 Å². The Kier molecular flexibility index (Phi) is 3.15. The number of nitrogens with two attached hydrogens (primary N) is 1. The Morgan fingerprint density at radius 3 is 2.71 bits per heavy atom. The van der Waals surface area contributed by atoms with E-state index in [1.54, 1.807) is 0 Å². The van der Waals surface area contributed by atoms with Gasteiger partial charge < -0.3 is 15.0 Å². The second-order valence-electron chi connectivity index (χ2n) is 6.02. The molecule has 21 heavy (non-hydrogen) atoms. The van der Waals surface area contributed by atoms with Crippen molar-refractivity contribution in [3.05, 3.63) is 41.5 Å². The van der Waals surface area contributed by atoms with Gasteiger partial charge in [-0.1, -0.05) is 23.4 Å². The second-order valence-corrected chi connectivity index (χ2v) is 6.02. The van der Waals surface area contributed by atoms with Crippen LogP contribution in [0.4, 0.5) is 0 Å². The van der Waals surface area contributed by atoms with E-state index >= 15 is 0 Å². The molecule has 1 fully saturated rings. The molecule has 0 radical (unpaired) electrons. The molecule has 1 aromatic heterocycles. The van der Waals surface area contributed by atoms with Crippen LogP contribution in [-0.2, 0) is 6.42 Å². The van der Waals surface area contributed by atoms with Crippen LogP contribution in [0.2, 0.25) is 0 Å². The largest absolute Gasteiger partial charge is 0.482 e. The van der Waals surface area contributed by atoms with E-state index in [1.807, 2.05) is 18.2 Å². The van der Waals surface area contributed by atoms with Crippen LogP contribution in [0, 0.1) is 0 Å². The smallest absolute Gasteiger partial charge is 0.229 e. The maximum absolute atomic E-state index is 5.94. The number of hydrogen-bond acceptors (Lipinski definition) is 5. The molecule has 1 aromatic carbocycles. The lowest BCUT2D eigenvalue weighted by Crippen LogP contribution is -2.25. The molecule has 110 valence electrons. The predicted molar refractivity (Wildman–Crippen MR) is 77.0 cm³/mol. The zero-order chi connectivity index (χ0) is 14.2. The number of ether oxygens (including phenoxy) is 1. The summed E-state index contributed by atoms with van der Waals surface area (Å²) in [6.45, 7) is 0. The third kappa shape index (κ3) is 2.42. The van der Waals surface area contributed by atoms with Gasteiger partial charge >= 0.3 is 0 Å². The molecule has 2 heterocycles. The molecule has 2 aromatic rings. The zero-order valence-electron chi connectivity index (χ0n) is 11.9. The van der Waals surface area contributed by atoms with E-state index in [9.17, 15) is 0 Å². The van der Waals surface area contributed by atoms with E-state index in [0.717, 1.165) is 43.7 Å². The third-order valence-corrected chi connectivity index (χ3v) is 4.51. The molecule has 4 rings (SSSR count). The minimum Gasteiger partial charge on any atom is -0.482 e. The Bertz CT molecular complexity index is 607. The fraction of sp³-hybridized carbons (Fsp3) is 0.500. The van der Waals surface area contributed by atoms with Crippen molar-refractivity contribution >= 4 is 0 Å². The molecule has 0 amide bonds. The number of nitrogens with zero attached hydrogens (tertiary/aromatic N) is 2. The monoisotopic (exact) mass is 285 g/mol. The number of aromatic nitrogens is 2. The summed E-state index contributed by atoms with van der Waals surface area (Å²) in [5.41, 5.74) is 7.15. The van der Waals surface area contributed by atoms with Gasteiger partial charge in [0.05, 0.1) is 0 Å². The summed E-state index contributed by atoms with van der Waals surface area (Å²) < 4.78 is 11.4. The molecule has 5 heteroatoms. The van der Waals surface area contributed by atoms with Gasteiger partial charge in [-0.3, -0.25) is 0 Å². The van der Waals surface area contributed by atoms with E-state index in [2.05, 4.69) is 16.2 Å². The van der Waals surface area contributed by atoms with Crippen LogP contribution < -0.4 is 10.5 Å². The number of para-hydroxylation sites is 1. The van der Waals surface area contributed by atoms with Crippen molar-refractivity contribution < 1.29 is 9.26 Å². The van der Waals surface area contributed by atoms with E-state index in [-0.39, 0.29) is 6.10 Å². The number of fused-ring (bicyclic) bond motifs is 1. The van der Waals surface area contributed by atoms with Gasteiger partial charge in [-0.15, -0.1) is 0 Å². The molecular formula is C16H19N3O2. The van der Waals surface area contributed by atoms with Gasteiger partial charge in [-0.05, 0) is 37.3 Å². The van der Waals surface area contributed by atoms with Crippen LogP contribution in [0.15, 0.2) is 28.8 Å². The number of rotatable bonds is 2. The summed E-state index contributed by atoms with van der Waals surface area (Å²) in [5.74, 6) is 2.69. The molecule has 5 nitrogen and oxygen atoms in total. The van der Waals surface area contributed by atoms with Gasteiger partial charge in [0.15, 0.2) is 6.10 Å². The van der Waals surface area contributed by atoms with Crippen LogP contribution in [0.5, 0.6) is 5.75 Å². The van der Waals surface area contributed by atoms with Crippen LogP contribution in [0.1, 0.15) is 55.0 Å². The van der Waals surface area contributed by atoms with Crippen LogP contribution >= 0.6 is 0 Å². The Morgan fingerprint density at radius 2 is 1.90 bits per heavy atom. The zero-order valence-corrected chi connectivity index (χ0v) is 11.9. The first-order valence-corrected chi connectivity index (χ1v) is 7.63. The van der Waals surface area contributed by atoms with Crippen molar-refractivity contribution in [3.63, 3.8) is 0 Å². The van der Waals surface area contributed by atoms with E-state index in [0.29, 0.717) is 17.8 Å². The molecule has 1 aliphatic carbocycles. The molecule has 1 unspecified atom stereocenters. The summed E-state index contributed by atoms with van der Waals surface area (Å²) in [5, 5.41) is 4.13. The molecule has 1 atom stereocenters. The summed E-state index contributed by atoms with van der Waals surface area (Å²) in [7, 11) is 0. The van der Waals surface area contributed by atoms with Crippen molar-refractivity contribution in [3.8, 4) is 5.75 Å². The first-order valence-electron chi connectivity index (χ1n) is 7.63. The molecule has 1 aliphatic heterocycles. The van der Waals surface area contributed by atoms with Crippen molar-refractivity contribution in [1.29, 1.82) is 0 Å². The van der Waals surface area contributed by atoms with Crippen LogP contribution in [0.25, 0.3) is 0 Å². The minimum absolute atomic E-state index is 0.120. The van der Waals surface area contributed by atoms with Crippen LogP contribution in [-0.4, -0.2) is 16.2 Å². The Labute approximate surface area is 123 Å². The van der Waals surface area contributed by atoms with Gasteiger partial charge in [0.2, 0.25) is 11.7 Å². The second kappa shape index (κ2) is 5.15. The first kappa shape index (κ1) is 12.8. The summed E-state index contributed by atoms with van der Waals surface area (Å²) in [4.78, 5) is 4.58. The maximum atomic E-state index is 5.94. The average Bonchev–Trinajstić information content (AvgIpc) is 3.14. The maximum Gasteiger partial charge on any atom is 0.229 e. The fourth-order valence-electron chi connectivity index (χ4n) is 3.24. The molecule has 0 spiro atoms. The van der Waals surface area contributed by atoms with Crippen molar-refractivity contribution in [2.75, 3.05) is 0 Å². The molecule has 1 saturated carbocycles. The molecule has 0 saturated heterocycles. The molecule has 2 N–H and O–H groups in total. The predicted octanol–water partition coefficient (Wildman–Crippen LogP) is 2.73.